The Morgan fingerprint density at radius 1 is 1.08 bits per heavy atom. The van der Waals surface area contributed by atoms with Gasteiger partial charge in [-0.1, -0.05) is 38.2 Å². The predicted molar refractivity (Wildman–Crippen MR) is 139 cm³/mol. The summed E-state index contributed by atoms with van der Waals surface area (Å²) < 4.78 is 17.8. The van der Waals surface area contributed by atoms with E-state index in [2.05, 4.69) is 0 Å². The van der Waals surface area contributed by atoms with E-state index < -0.39 is 41.1 Å². The van der Waals surface area contributed by atoms with Crippen molar-refractivity contribution in [2.45, 2.75) is 62.8 Å². The van der Waals surface area contributed by atoms with Gasteiger partial charge >= 0.3 is 5.97 Å². The van der Waals surface area contributed by atoms with Crippen molar-refractivity contribution in [3.8, 4) is 5.75 Å². The molecule has 204 valence electrons. The summed E-state index contributed by atoms with van der Waals surface area (Å²) in [7, 11) is 1.58. The van der Waals surface area contributed by atoms with E-state index >= 15 is 0 Å². The highest BCUT2D eigenvalue weighted by Crippen LogP contribution is 2.58. The number of cyclic esters (lactones) is 1. The lowest BCUT2D eigenvalue weighted by Crippen LogP contribution is -2.59. The van der Waals surface area contributed by atoms with Gasteiger partial charge in [0.2, 0.25) is 5.91 Å². The normalized spacial score (nSPS) is 34.3. The number of rotatable bonds is 6. The van der Waals surface area contributed by atoms with E-state index in [1.165, 1.54) is 4.90 Å². The molecule has 38 heavy (non-hydrogen) atoms. The van der Waals surface area contributed by atoms with Gasteiger partial charge in [-0.3, -0.25) is 14.4 Å². The highest BCUT2D eigenvalue weighted by molar-refractivity contribution is 6.05. The number of carbonyl (C=O) groups excluding carboxylic acids is 3. The summed E-state index contributed by atoms with van der Waals surface area (Å²) in [6.07, 6.45) is 9.82. The third kappa shape index (κ3) is 3.86. The molecule has 6 atom stereocenters. The molecule has 9 nitrogen and oxygen atoms in total. The number of aliphatic hydroxyl groups excluding tert-OH is 1. The summed E-state index contributed by atoms with van der Waals surface area (Å²) in [4.78, 5) is 45.4. The highest BCUT2D eigenvalue weighted by Gasteiger charge is 2.75. The second-order valence-corrected chi connectivity index (χ2v) is 10.4. The Hall–Kier alpha value is -3.17. The molecule has 0 radical (unpaired) electrons. The minimum Gasteiger partial charge on any atom is -0.497 e. The minimum atomic E-state index is -1.39. The van der Waals surface area contributed by atoms with E-state index in [1.54, 1.807) is 36.3 Å². The maximum Gasteiger partial charge on any atom is 0.313 e. The van der Waals surface area contributed by atoms with Gasteiger partial charge in [-0.15, -0.1) is 0 Å². The lowest BCUT2D eigenvalue weighted by Gasteiger charge is -2.40. The monoisotopic (exact) mass is 524 g/mol. The molecule has 5 rings (SSSR count). The number of esters is 1. The molecule has 1 aromatic rings. The Morgan fingerprint density at radius 2 is 1.84 bits per heavy atom. The largest absolute Gasteiger partial charge is 0.497 e. The zero-order valence-corrected chi connectivity index (χ0v) is 22.2. The Labute approximate surface area is 223 Å². The Balaban J connectivity index is 1.67. The van der Waals surface area contributed by atoms with Crippen LogP contribution in [0.4, 0.5) is 5.69 Å². The van der Waals surface area contributed by atoms with Crippen molar-refractivity contribution >= 4 is 23.5 Å². The molecule has 1 spiro atoms. The molecule has 2 saturated heterocycles. The van der Waals surface area contributed by atoms with Gasteiger partial charge in [-0.05, 0) is 49.9 Å². The molecule has 0 bridgehead atoms. The van der Waals surface area contributed by atoms with Crippen LogP contribution in [0.5, 0.6) is 5.75 Å². The van der Waals surface area contributed by atoms with Crippen LogP contribution in [0.3, 0.4) is 0 Å². The van der Waals surface area contributed by atoms with Gasteiger partial charge in [-0.2, -0.15) is 0 Å². The molecule has 0 aromatic heterocycles. The summed E-state index contributed by atoms with van der Waals surface area (Å²) in [6.45, 7) is 4.00. The fourth-order valence-corrected chi connectivity index (χ4v) is 6.62. The summed E-state index contributed by atoms with van der Waals surface area (Å²) in [6, 6.07) is 5.48. The second kappa shape index (κ2) is 10.2. The first kappa shape index (κ1) is 26.4. The first-order valence-electron chi connectivity index (χ1n) is 13.5. The number of carbonyl (C=O) groups is 3. The third-order valence-corrected chi connectivity index (χ3v) is 8.53. The SMILES string of the molecule is CC[C@@H](CO)N1C(=O)[C@@H]2[C@@H]3C(=O)OCCC/C=C\[C@]3(CC)O[C@@]23C=CCN(c2ccc(OC)cc2)C(=O)C13. The molecule has 2 fully saturated rings. The third-order valence-electron chi connectivity index (χ3n) is 8.53. The standard InChI is InChI=1S/C29H36N2O7/c1-4-19(18-32)31-24-26(34)30(20-10-12-21(36-3)13-11-20)16-9-15-29(24)22(25(31)33)23-27(35)37-17-8-6-7-14-28(23,5-2)38-29/h7,9-15,19,22-24,32H,4-6,8,16-18H2,1-3H3/b14-7-/t19-,22-,23+,24?,28-,29-/m0/s1. The lowest BCUT2D eigenvalue weighted by molar-refractivity contribution is -0.161. The number of ether oxygens (including phenoxy) is 3. The van der Waals surface area contributed by atoms with Crippen molar-refractivity contribution in [3.05, 3.63) is 48.6 Å². The Morgan fingerprint density at radius 3 is 2.50 bits per heavy atom. The molecule has 0 saturated carbocycles. The Kier molecular flexibility index (Phi) is 7.09. The van der Waals surface area contributed by atoms with Crippen LogP contribution in [-0.4, -0.2) is 77.9 Å². The van der Waals surface area contributed by atoms with Crippen LogP contribution in [0.15, 0.2) is 48.6 Å². The average molecular weight is 525 g/mol. The summed E-state index contributed by atoms with van der Waals surface area (Å²) >= 11 is 0. The summed E-state index contributed by atoms with van der Waals surface area (Å²) in [5.41, 5.74) is -1.83. The van der Waals surface area contributed by atoms with Crippen molar-refractivity contribution in [2.75, 3.05) is 31.8 Å². The first-order chi connectivity index (χ1) is 18.4. The van der Waals surface area contributed by atoms with Crippen LogP contribution >= 0.6 is 0 Å². The molecule has 4 heterocycles. The summed E-state index contributed by atoms with van der Waals surface area (Å²) in [5, 5.41) is 10.3. The molecule has 0 aliphatic carbocycles. The van der Waals surface area contributed by atoms with Gasteiger partial charge in [0, 0.05) is 12.2 Å². The van der Waals surface area contributed by atoms with Crippen LogP contribution in [-0.2, 0) is 23.9 Å². The van der Waals surface area contributed by atoms with Crippen LogP contribution in [0.1, 0.15) is 39.5 Å². The van der Waals surface area contributed by atoms with Gasteiger partial charge < -0.3 is 29.1 Å². The number of aliphatic hydroxyl groups is 1. The number of methoxy groups -OCH3 is 1. The van der Waals surface area contributed by atoms with Gasteiger partial charge in [-0.25, -0.2) is 0 Å². The number of allylic oxidation sites excluding steroid dienone is 1. The van der Waals surface area contributed by atoms with E-state index in [4.69, 9.17) is 14.2 Å². The maximum atomic E-state index is 14.4. The van der Waals surface area contributed by atoms with Crippen molar-refractivity contribution < 1.29 is 33.7 Å². The highest BCUT2D eigenvalue weighted by atomic mass is 16.6. The minimum absolute atomic E-state index is 0.259. The number of hydrogen-bond donors (Lipinski definition) is 1. The quantitative estimate of drug-likeness (QED) is 0.451. The molecule has 9 heteroatoms. The second-order valence-electron chi connectivity index (χ2n) is 10.4. The van der Waals surface area contributed by atoms with Crippen LogP contribution in [0.2, 0.25) is 0 Å². The number of benzene rings is 1. The van der Waals surface area contributed by atoms with Gasteiger partial charge in [0.1, 0.15) is 28.9 Å². The molecule has 1 N–H and O–H groups in total. The number of nitrogens with zero attached hydrogens (tertiary/aromatic N) is 2. The van der Waals surface area contributed by atoms with Crippen molar-refractivity contribution in [2.24, 2.45) is 11.8 Å². The molecule has 1 unspecified atom stereocenters. The fraction of sp³-hybridized carbons (Fsp3) is 0.552. The lowest BCUT2D eigenvalue weighted by atomic mass is 9.73. The van der Waals surface area contributed by atoms with E-state index in [9.17, 15) is 19.5 Å². The number of amides is 2. The number of fused-ring (bicyclic) bond motifs is 2. The molecular formula is C29H36N2O7. The zero-order valence-electron chi connectivity index (χ0n) is 22.2. The number of anilines is 1. The van der Waals surface area contributed by atoms with E-state index in [0.29, 0.717) is 37.1 Å². The predicted octanol–water partition coefficient (Wildman–Crippen LogP) is 2.62. The number of hydrogen-bond acceptors (Lipinski definition) is 7. The van der Waals surface area contributed by atoms with Gasteiger partial charge in [0.25, 0.3) is 5.91 Å². The van der Waals surface area contributed by atoms with Crippen molar-refractivity contribution in [1.29, 1.82) is 0 Å². The summed E-state index contributed by atoms with van der Waals surface area (Å²) in [5.74, 6) is -2.38. The van der Waals surface area contributed by atoms with Gasteiger partial charge in [0.05, 0.1) is 32.3 Å². The smallest absolute Gasteiger partial charge is 0.313 e. The molecule has 4 aliphatic heterocycles. The molecule has 4 aliphatic rings. The molecular weight excluding hydrogens is 488 g/mol. The van der Waals surface area contributed by atoms with E-state index in [1.807, 2.05) is 38.2 Å². The molecule has 2 amide bonds. The van der Waals surface area contributed by atoms with Crippen LogP contribution < -0.4 is 9.64 Å². The Bertz CT molecular complexity index is 1140. The van der Waals surface area contributed by atoms with E-state index in [0.717, 1.165) is 0 Å². The van der Waals surface area contributed by atoms with Crippen LogP contribution in [0.25, 0.3) is 0 Å². The van der Waals surface area contributed by atoms with Gasteiger partial charge in [0.15, 0.2) is 0 Å². The number of likely N-dealkylation sites (tertiary alicyclic amines) is 1. The molecule has 1 aromatic carbocycles. The van der Waals surface area contributed by atoms with E-state index in [-0.39, 0.29) is 31.6 Å². The van der Waals surface area contributed by atoms with Crippen molar-refractivity contribution in [3.63, 3.8) is 0 Å². The average Bonchev–Trinajstić information content (AvgIpc) is 3.31. The van der Waals surface area contributed by atoms with Crippen LogP contribution in [0, 0.1) is 11.8 Å². The zero-order chi connectivity index (χ0) is 27.1. The maximum absolute atomic E-state index is 14.4. The topological polar surface area (TPSA) is 106 Å². The first-order valence-corrected chi connectivity index (χ1v) is 13.5. The fourth-order valence-electron chi connectivity index (χ4n) is 6.62. The van der Waals surface area contributed by atoms with Crippen molar-refractivity contribution in [1.82, 2.24) is 4.90 Å².